The van der Waals surface area contributed by atoms with Crippen LogP contribution >= 0.6 is 0 Å². The Labute approximate surface area is 149 Å². The first-order valence-electron chi connectivity index (χ1n) is 8.20. The molecule has 1 fully saturated rings. The molecule has 26 heavy (non-hydrogen) atoms. The molecule has 2 aromatic rings. The molecule has 0 bridgehead atoms. The first kappa shape index (κ1) is 17.7. The number of rotatable bonds is 6. The minimum Gasteiger partial charge on any atom is -0.404 e. The van der Waals surface area contributed by atoms with Crippen LogP contribution in [-0.4, -0.2) is 44.6 Å². The summed E-state index contributed by atoms with van der Waals surface area (Å²) < 4.78 is 5.33. The zero-order valence-electron chi connectivity index (χ0n) is 14.0. The highest BCUT2D eigenvalue weighted by molar-refractivity contribution is 5.74. The van der Waals surface area contributed by atoms with Gasteiger partial charge in [-0.3, -0.25) is 20.1 Å². The summed E-state index contributed by atoms with van der Waals surface area (Å²) in [5.41, 5.74) is 6.45. The van der Waals surface area contributed by atoms with Crippen LogP contribution in [-0.2, 0) is 4.74 Å². The van der Waals surface area contributed by atoms with E-state index >= 15 is 0 Å². The third-order valence-electron chi connectivity index (χ3n) is 4.11. The maximum atomic E-state index is 11.3. The summed E-state index contributed by atoms with van der Waals surface area (Å²) in [4.78, 5) is 27.3. The van der Waals surface area contributed by atoms with Gasteiger partial charge in [0.15, 0.2) is 5.82 Å². The number of anilines is 1. The Hall–Kier alpha value is -3.14. The molecule has 3 heterocycles. The molecule has 0 atom stereocenters. The Morgan fingerprint density at radius 1 is 1.35 bits per heavy atom. The monoisotopic (exact) mass is 357 g/mol. The van der Waals surface area contributed by atoms with Crippen LogP contribution in [0.5, 0.6) is 0 Å². The molecule has 0 aliphatic carbocycles. The summed E-state index contributed by atoms with van der Waals surface area (Å²) in [6, 6.07) is 0. The zero-order valence-corrected chi connectivity index (χ0v) is 14.0. The molecule has 2 aromatic heterocycles. The standard InChI is InChI=1S/C16H19N7O3/c17-7-12(13-9-18-3-4-19-13)15-21-10-14(23(24)25)16(22-15)20-8-11-1-5-26-6-2-11/h3-4,7,9-11H,1-2,5-6,8,17H2,(H,20,21,22). The van der Waals surface area contributed by atoms with E-state index in [2.05, 4.69) is 25.3 Å². The molecule has 1 aliphatic rings. The molecule has 3 rings (SSSR count). The van der Waals surface area contributed by atoms with E-state index in [0.717, 1.165) is 12.8 Å². The summed E-state index contributed by atoms with van der Waals surface area (Å²) in [5, 5.41) is 14.4. The van der Waals surface area contributed by atoms with Crippen molar-refractivity contribution in [3.8, 4) is 0 Å². The smallest absolute Gasteiger partial charge is 0.329 e. The van der Waals surface area contributed by atoms with Crippen molar-refractivity contribution in [3.63, 3.8) is 0 Å². The molecule has 0 radical (unpaired) electrons. The van der Waals surface area contributed by atoms with E-state index < -0.39 is 4.92 Å². The van der Waals surface area contributed by atoms with Crippen molar-refractivity contribution in [1.82, 2.24) is 19.9 Å². The van der Waals surface area contributed by atoms with Gasteiger partial charge in [-0.1, -0.05) is 0 Å². The lowest BCUT2D eigenvalue weighted by atomic mass is 10.0. The molecule has 0 spiro atoms. The number of nitrogens with two attached hydrogens (primary N) is 1. The number of nitro groups is 1. The fourth-order valence-corrected chi connectivity index (χ4v) is 2.67. The van der Waals surface area contributed by atoms with Crippen molar-refractivity contribution < 1.29 is 9.66 Å². The normalized spacial score (nSPS) is 15.6. The molecular formula is C16H19N7O3. The fraction of sp³-hybridized carbons (Fsp3) is 0.375. The second-order valence-electron chi connectivity index (χ2n) is 5.79. The summed E-state index contributed by atoms with van der Waals surface area (Å²) in [7, 11) is 0. The van der Waals surface area contributed by atoms with Crippen LogP contribution in [0.3, 0.4) is 0 Å². The number of aromatic nitrogens is 4. The second-order valence-corrected chi connectivity index (χ2v) is 5.79. The average Bonchev–Trinajstić information content (AvgIpc) is 2.68. The van der Waals surface area contributed by atoms with Gasteiger partial charge in [0.05, 0.1) is 22.4 Å². The van der Waals surface area contributed by atoms with E-state index in [4.69, 9.17) is 10.5 Å². The quantitative estimate of drug-likeness (QED) is 0.578. The molecular weight excluding hydrogens is 338 g/mol. The van der Waals surface area contributed by atoms with Crippen LogP contribution in [0.15, 0.2) is 31.0 Å². The van der Waals surface area contributed by atoms with Crippen LogP contribution in [0.4, 0.5) is 11.5 Å². The second kappa shape index (κ2) is 8.30. The Kier molecular flexibility index (Phi) is 5.64. The van der Waals surface area contributed by atoms with Crippen LogP contribution in [0.2, 0.25) is 0 Å². The van der Waals surface area contributed by atoms with Gasteiger partial charge in [-0.05, 0) is 18.8 Å². The topological polar surface area (TPSA) is 142 Å². The van der Waals surface area contributed by atoms with Gasteiger partial charge in [-0.2, -0.15) is 0 Å². The Bertz CT molecular complexity index is 792. The highest BCUT2D eigenvalue weighted by Crippen LogP contribution is 2.26. The molecule has 3 N–H and O–H groups in total. The predicted octanol–water partition coefficient (Wildman–Crippen LogP) is 1.36. The van der Waals surface area contributed by atoms with Crippen molar-refractivity contribution >= 4 is 17.1 Å². The molecule has 0 aromatic carbocycles. The van der Waals surface area contributed by atoms with Gasteiger partial charge >= 0.3 is 5.69 Å². The maximum Gasteiger partial charge on any atom is 0.329 e. The van der Waals surface area contributed by atoms with Gasteiger partial charge in [-0.25, -0.2) is 9.97 Å². The minimum absolute atomic E-state index is 0.162. The first-order chi connectivity index (χ1) is 12.7. The number of ether oxygens (including phenoxy) is 1. The molecule has 1 aliphatic heterocycles. The van der Waals surface area contributed by atoms with Gasteiger partial charge < -0.3 is 15.8 Å². The van der Waals surface area contributed by atoms with Gasteiger partial charge in [0.2, 0.25) is 5.82 Å². The van der Waals surface area contributed by atoms with Gasteiger partial charge in [0.1, 0.15) is 6.20 Å². The maximum absolute atomic E-state index is 11.3. The van der Waals surface area contributed by atoms with Crippen molar-refractivity contribution in [2.24, 2.45) is 11.7 Å². The lowest BCUT2D eigenvalue weighted by molar-refractivity contribution is -0.384. The largest absolute Gasteiger partial charge is 0.404 e. The highest BCUT2D eigenvalue weighted by atomic mass is 16.6. The van der Waals surface area contributed by atoms with Crippen molar-refractivity contribution in [2.75, 3.05) is 25.1 Å². The fourth-order valence-electron chi connectivity index (χ4n) is 2.67. The molecule has 10 nitrogen and oxygen atoms in total. The van der Waals surface area contributed by atoms with Crippen LogP contribution in [0.25, 0.3) is 5.57 Å². The Morgan fingerprint density at radius 3 is 2.81 bits per heavy atom. The molecule has 0 unspecified atom stereocenters. The lowest BCUT2D eigenvalue weighted by Crippen LogP contribution is -2.23. The van der Waals surface area contributed by atoms with E-state index in [1.807, 2.05) is 0 Å². The van der Waals surface area contributed by atoms with Crippen LogP contribution < -0.4 is 11.1 Å². The Morgan fingerprint density at radius 2 is 2.15 bits per heavy atom. The summed E-state index contributed by atoms with van der Waals surface area (Å²) >= 11 is 0. The molecule has 1 saturated heterocycles. The van der Waals surface area contributed by atoms with Crippen molar-refractivity contribution in [2.45, 2.75) is 12.8 Å². The highest BCUT2D eigenvalue weighted by Gasteiger charge is 2.21. The molecule has 0 amide bonds. The van der Waals surface area contributed by atoms with E-state index in [1.165, 1.54) is 31.0 Å². The van der Waals surface area contributed by atoms with Crippen molar-refractivity contribution in [3.05, 3.63) is 52.6 Å². The summed E-state index contributed by atoms with van der Waals surface area (Å²) in [6.07, 6.45) is 8.89. The average molecular weight is 357 g/mol. The van der Waals surface area contributed by atoms with E-state index in [0.29, 0.717) is 36.9 Å². The zero-order chi connectivity index (χ0) is 18.4. The number of nitrogens with zero attached hydrogens (tertiary/aromatic N) is 5. The molecule has 136 valence electrons. The minimum atomic E-state index is -0.510. The predicted molar refractivity (Wildman–Crippen MR) is 94.0 cm³/mol. The molecule has 0 saturated carbocycles. The van der Waals surface area contributed by atoms with Gasteiger partial charge in [0, 0.05) is 38.4 Å². The summed E-state index contributed by atoms with van der Waals surface area (Å²) in [6.45, 7) is 1.99. The van der Waals surface area contributed by atoms with Crippen molar-refractivity contribution in [1.29, 1.82) is 0 Å². The summed E-state index contributed by atoms with van der Waals surface area (Å²) in [5.74, 6) is 0.786. The molecule has 10 heteroatoms. The third-order valence-corrected chi connectivity index (χ3v) is 4.11. The van der Waals surface area contributed by atoms with Gasteiger partial charge in [-0.15, -0.1) is 0 Å². The number of hydrogen-bond acceptors (Lipinski definition) is 9. The van der Waals surface area contributed by atoms with Crippen LogP contribution in [0, 0.1) is 16.0 Å². The first-order valence-corrected chi connectivity index (χ1v) is 8.20. The van der Waals surface area contributed by atoms with E-state index in [9.17, 15) is 10.1 Å². The third kappa shape index (κ3) is 4.09. The number of nitrogens with one attached hydrogen (secondary N) is 1. The number of hydrogen-bond donors (Lipinski definition) is 2. The lowest BCUT2D eigenvalue weighted by Gasteiger charge is -2.22. The SMILES string of the molecule is NC=C(c1cnccn1)c1ncc([N+](=O)[O-])c(NCC2CCOCC2)n1. The van der Waals surface area contributed by atoms with Gasteiger partial charge in [0.25, 0.3) is 0 Å². The van der Waals surface area contributed by atoms with E-state index in [-0.39, 0.29) is 17.3 Å². The van der Waals surface area contributed by atoms with E-state index in [1.54, 1.807) is 0 Å². The Balaban J connectivity index is 1.86. The van der Waals surface area contributed by atoms with Crippen LogP contribution in [0.1, 0.15) is 24.4 Å².